The normalized spacial score (nSPS) is 11.6. The third-order valence-corrected chi connectivity index (χ3v) is 5.45. The summed E-state index contributed by atoms with van der Waals surface area (Å²) in [6.45, 7) is 30.2. The quantitative estimate of drug-likeness (QED) is 0.184. The summed E-state index contributed by atoms with van der Waals surface area (Å²) in [5.41, 5.74) is 7.12. The Kier molecular flexibility index (Phi) is 27.9. The van der Waals surface area contributed by atoms with Crippen molar-refractivity contribution < 1.29 is 0 Å². The number of terminal acetylenes is 1. The van der Waals surface area contributed by atoms with Crippen molar-refractivity contribution in [2.24, 2.45) is 11.8 Å². The Labute approximate surface area is 237 Å². The molecule has 38 heavy (non-hydrogen) atoms. The van der Waals surface area contributed by atoms with Gasteiger partial charge in [0.05, 0.1) is 0 Å². The van der Waals surface area contributed by atoms with Gasteiger partial charge in [-0.25, -0.2) is 0 Å². The number of pyridine rings is 1. The standard InChI is InChI=1S/C27H31N.C4H8.3C2H6/c1-6-23-12-9-16-27(19-23)26(8-3)18-21(4)22(5)25(7-2)15-10-13-24-14-11-17-28-20-24;1-4(2)3;3*1-2/h1,7-9,11-12,14,16-20,22,25H,2,10,13,15H2,3-5H3;1H2,2-3H3;3*1-2H3/b21-18+,26-8+;;;;. The van der Waals surface area contributed by atoms with Crippen LogP contribution in [0, 0.1) is 24.2 Å². The Hall–Kier alpha value is -3.11. The maximum absolute atomic E-state index is 5.56. The maximum Gasteiger partial charge on any atom is 0.0299 e. The minimum absolute atomic E-state index is 0.442. The molecule has 0 aliphatic carbocycles. The van der Waals surface area contributed by atoms with Gasteiger partial charge >= 0.3 is 0 Å². The van der Waals surface area contributed by atoms with E-state index in [9.17, 15) is 0 Å². The van der Waals surface area contributed by atoms with E-state index >= 15 is 0 Å². The molecular formula is C37H57N. The molecule has 2 rings (SSSR count). The summed E-state index contributed by atoms with van der Waals surface area (Å²) in [5.74, 6) is 3.62. The van der Waals surface area contributed by atoms with Gasteiger partial charge in [0.25, 0.3) is 0 Å². The third-order valence-electron chi connectivity index (χ3n) is 5.45. The SMILES string of the molecule is C#Cc1cccc(C(=C/C)/C=C(\C)C(C)C(C=C)CCCc2cccnc2)c1.C=C(C)C.CC.CC.CC. The van der Waals surface area contributed by atoms with Crippen LogP contribution in [-0.4, -0.2) is 4.98 Å². The van der Waals surface area contributed by atoms with Crippen molar-refractivity contribution in [3.63, 3.8) is 0 Å². The van der Waals surface area contributed by atoms with Gasteiger partial charge in [-0.15, -0.1) is 19.6 Å². The first kappa shape index (κ1) is 39.4. The summed E-state index contributed by atoms with van der Waals surface area (Å²) < 4.78 is 0. The molecule has 0 amide bonds. The molecule has 2 atom stereocenters. The molecule has 2 aromatic rings. The van der Waals surface area contributed by atoms with E-state index in [1.807, 2.05) is 86.0 Å². The minimum atomic E-state index is 0.442. The fourth-order valence-electron chi connectivity index (χ4n) is 3.50. The van der Waals surface area contributed by atoms with Crippen LogP contribution in [0.1, 0.15) is 106 Å². The molecule has 2 unspecified atom stereocenters. The third kappa shape index (κ3) is 18.2. The first-order chi connectivity index (χ1) is 18.3. The number of aromatic nitrogens is 1. The Morgan fingerprint density at radius 3 is 2.11 bits per heavy atom. The van der Waals surface area contributed by atoms with Gasteiger partial charge in [0.1, 0.15) is 0 Å². The lowest BCUT2D eigenvalue weighted by Crippen LogP contribution is -2.11. The van der Waals surface area contributed by atoms with E-state index in [1.54, 1.807) is 0 Å². The van der Waals surface area contributed by atoms with Crippen LogP contribution in [0.5, 0.6) is 0 Å². The molecule has 0 saturated carbocycles. The van der Waals surface area contributed by atoms with Crippen LogP contribution in [0.15, 0.2) is 91.3 Å². The maximum atomic E-state index is 5.56. The molecule has 0 fully saturated rings. The molecule has 1 aromatic carbocycles. The lowest BCUT2D eigenvalue weighted by atomic mass is 9.83. The van der Waals surface area contributed by atoms with Crippen LogP contribution in [0.2, 0.25) is 0 Å². The number of allylic oxidation sites excluding steroid dienone is 6. The van der Waals surface area contributed by atoms with Crippen molar-refractivity contribution in [3.05, 3.63) is 108 Å². The van der Waals surface area contributed by atoms with Crippen molar-refractivity contribution in [1.29, 1.82) is 0 Å². The average Bonchev–Trinajstić information content (AvgIpc) is 2.97. The van der Waals surface area contributed by atoms with Gasteiger partial charge in [-0.2, -0.15) is 0 Å². The lowest BCUT2D eigenvalue weighted by Gasteiger charge is -2.22. The van der Waals surface area contributed by atoms with E-state index in [1.165, 1.54) is 22.3 Å². The van der Waals surface area contributed by atoms with Crippen LogP contribution < -0.4 is 0 Å². The van der Waals surface area contributed by atoms with Gasteiger partial charge < -0.3 is 0 Å². The summed E-state index contributed by atoms with van der Waals surface area (Å²) in [5, 5.41) is 0. The summed E-state index contributed by atoms with van der Waals surface area (Å²) in [6, 6.07) is 12.3. The Morgan fingerprint density at radius 1 is 1.03 bits per heavy atom. The molecule has 1 aromatic heterocycles. The summed E-state index contributed by atoms with van der Waals surface area (Å²) in [4.78, 5) is 4.20. The number of nitrogens with zero attached hydrogens (tertiary/aromatic N) is 1. The van der Waals surface area contributed by atoms with E-state index < -0.39 is 0 Å². The molecule has 0 N–H and O–H groups in total. The van der Waals surface area contributed by atoms with Crippen molar-refractivity contribution in [3.8, 4) is 12.3 Å². The topological polar surface area (TPSA) is 12.9 Å². The van der Waals surface area contributed by atoms with Gasteiger partial charge in [0, 0.05) is 18.0 Å². The van der Waals surface area contributed by atoms with Crippen molar-refractivity contribution in [2.45, 2.75) is 95.4 Å². The highest BCUT2D eigenvalue weighted by atomic mass is 14.6. The molecular weight excluding hydrogens is 458 g/mol. The van der Waals surface area contributed by atoms with Gasteiger partial charge in [-0.3, -0.25) is 4.98 Å². The molecule has 1 nitrogen and oxygen atoms in total. The molecule has 0 spiro atoms. The number of benzene rings is 1. The highest BCUT2D eigenvalue weighted by Crippen LogP contribution is 2.29. The smallest absolute Gasteiger partial charge is 0.0299 e. The first-order valence-corrected chi connectivity index (χ1v) is 14.4. The minimum Gasteiger partial charge on any atom is -0.264 e. The van der Waals surface area contributed by atoms with Gasteiger partial charge in [-0.1, -0.05) is 102 Å². The fraction of sp³-hybridized carbons (Fsp3) is 0.432. The van der Waals surface area contributed by atoms with Gasteiger partial charge in [0.2, 0.25) is 0 Å². The predicted molar refractivity (Wildman–Crippen MR) is 176 cm³/mol. The van der Waals surface area contributed by atoms with Gasteiger partial charge in [-0.05, 0) is 93.7 Å². The largest absolute Gasteiger partial charge is 0.264 e. The predicted octanol–water partition coefficient (Wildman–Crippen LogP) is 11.5. The summed E-state index contributed by atoms with van der Waals surface area (Å²) >= 11 is 0. The number of rotatable bonds is 9. The van der Waals surface area contributed by atoms with E-state index in [2.05, 4.69) is 81.3 Å². The Balaban J connectivity index is -0.00000108. The molecule has 1 heteroatoms. The molecule has 210 valence electrons. The number of aryl methyl sites for hydroxylation is 1. The molecule has 0 aliphatic rings. The lowest BCUT2D eigenvalue weighted by molar-refractivity contribution is 0.444. The first-order valence-electron chi connectivity index (χ1n) is 14.4. The summed E-state index contributed by atoms with van der Waals surface area (Å²) in [6.07, 6.45) is 19.2. The average molecular weight is 516 g/mol. The second-order valence-electron chi connectivity index (χ2n) is 8.51. The number of hydrogen-bond acceptors (Lipinski definition) is 1. The van der Waals surface area contributed by atoms with E-state index in [4.69, 9.17) is 6.42 Å². The fourth-order valence-corrected chi connectivity index (χ4v) is 3.50. The molecule has 0 aliphatic heterocycles. The monoisotopic (exact) mass is 515 g/mol. The van der Waals surface area contributed by atoms with Crippen molar-refractivity contribution >= 4 is 5.57 Å². The Bertz CT molecular complexity index is 950. The second-order valence-corrected chi connectivity index (χ2v) is 8.51. The van der Waals surface area contributed by atoms with E-state index in [0.29, 0.717) is 11.8 Å². The number of hydrogen-bond donors (Lipinski definition) is 0. The zero-order chi connectivity index (χ0) is 29.9. The summed E-state index contributed by atoms with van der Waals surface area (Å²) in [7, 11) is 0. The highest BCUT2D eigenvalue weighted by molar-refractivity contribution is 5.75. The Morgan fingerprint density at radius 2 is 1.63 bits per heavy atom. The molecule has 0 saturated heterocycles. The van der Waals surface area contributed by atoms with Crippen LogP contribution in [0.25, 0.3) is 5.57 Å². The van der Waals surface area contributed by atoms with Crippen molar-refractivity contribution in [2.75, 3.05) is 0 Å². The van der Waals surface area contributed by atoms with Crippen molar-refractivity contribution in [1.82, 2.24) is 4.98 Å². The highest BCUT2D eigenvalue weighted by Gasteiger charge is 2.16. The van der Waals surface area contributed by atoms with Crippen LogP contribution in [0.4, 0.5) is 0 Å². The van der Waals surface area contributed by atoms with Crippen LogP contribution in [0.3, 0.4) is 0 Å². The van der Waals surface area contributed by atoms with E-state index in [-0.39, 0.29) is 0 Å². The second kappa shape index (κ2) is 26.9. The van der Waals surface area contributed by atoms with E-state index in [0.717, 1.165) is 30.4 Å². The molecule has 0 bridgehead atoms. The molecule has 1 heterocycles. The zero-order valence-electron chi connectivity index (χ0n) is 26.6. The van der Waals surface area contributed by atoms with Crippen LogP contribution >= 0.6 is 0 Å². The zero-order valence-corrected chi connectivity index (χ0v) is 26.6. The van der Waals surface area contributed by atoms with Gasteiger partial charge in [0.15, 0.2) is 0 Å². The molecule has 0 radical (unpaired) electrons. The van der Waals surface area contributed by atoms with Crippen LogP contribution in [-0.2, 0) is 6.42 Å².